The van der Waals surface area contributed by atoms with Crippen LogP contribution < -0.4 is 15.2 Å². The summed E-state index contributed by atoms with van der Waals surface area (Å²) in [6.45, 7) is 0.447. The zero-order valence-electron chi connectivity index (χ0n) is 11.3. The molecule has 0 spiro atoms. The molecule has 0 bridgehead atoms. The van der Waals surface area contributed by atoms with E-state index in [1.54, 1.807) is 30.3 Å². The van der Waals surface area contributed by atoms with Crippen LogP contribution in [0.2, 0.25) is 15.1 Å². The average Bonchev–Trinajstić information content (AvgIpc) is 2.46. The maximum atomic E-state index is 11.3. The minimum atomic E-state index is -0.612. The summed E-state index contributed by atoms with van der Waals surface area (Å²) in [6.07, 6.45) is 0. The molecule has 0 atom stereocenters. The van der Waals surface area contributed by atoms with Gasteiger partial charge in [-0.25, -0.2) is 0 Å². The average molecular weight is 361 g/mol. The van der Waals surface area contributed by atoms with E-state index in [2.05, 4.69) is 0 Å². The second kappa shape index (κ2) is 7.58. The van der Waals surface area contributed by atoms with Gasteiger partial charge in [0.15, 0.2) is 0 Å². The number of nitrogens with two attached hydrogens (primary N) is 1. The molecule has 116 valence electrons. The van der Waals surface area contributed by atoms with E-state index in [9.17, 15) is 4.79 Å². The van der Waals surface area contributed by atoms with Crippen molar-refractivity contribution < 1.29 is 14.3 Å². The SMILES string of the molecule is NC(=O)c1cc(Cl)ccc1OCCOc1ccc(Cl)cc1Cl. The number of halogens is 3. The Bertz CT molecular complexity index is 692. The molecule has 1 amide bonds. The van der Waals surface area contributed by atoms with Crippen LogP contribution in [0, 0.1) is 0 Å². The molecule has 0 saturated carbocycles. The van der Waals surface area contributed by atoms with E-state index in [0.717, 1.165) is 0 Å². The molecule has 2 aromatic rings. The number of carbonyl (C=O) groups is 1. The number of carbonyl (C=O) groups excluding carboxylic acids is 1. The molecule has 4 nitrogen and oxygen atoms in total. The third-order valence-corrected chi connectivity index (χ3v) is 3.47. The number of hydrogen-bond donors (Lipinski definition) is 1. The highest BCUT2D eigenvalue weighted by atomic mass is 35.5. The summed E-state index contributed by atoms with van der Waals surface area (Å²) in [4.78, 5) is 11.3. The van der Waals surface area contributed by atoms with Gasteiger partial charge in [-0.2, -0.15) is 0 Å². The molecular weight excluding hydrogens is 349 g/mol. The number of ether oxygens (including phenoxy) is 2. The fourth-order valence-corrected chi connectivity index (χ4v) is 2.35. The summed E-state index contributed by atoms with van der Waals surface area (Å²) < 4.78 is 11.0. The number of primary amides is 1. The van der Waals surface area contributed by atoms with E-state index in [0.29, 0.717) is 26.6 Å². The van der Waals surface area contributed by atoms with E-state index in [4.69, 9.17) is 50.0 Å². The van der Waals surface area contributed by atoms with Gasteiger partial charge in [0, 0.05) is 10.0 Å². The molecule has 2 N–H and O–H groups in total. The largest absolute Gasteiger partial charge is 0.489 e. The third-order valence-electron chi connectivity index (χ3n) is 2.70. The maximum Gasteiger partial charge on any atom is 0.252 e. The summed E-state index contributed by atoms with van der Waals surface area (Å²) in [5, 5.41) is 1.35. The van der Waals surface area contributed by atoms with Gasteiger partial charge in [0.25, 0.3) is 5.91 Å². The summed E-state index contributed by atoms with van der Waals surface area (Å²) in [5.74, 6) is 0.239. The molecule has 0 aromatic heterocycles. The Labute approximate surface area is 142 Å². The van der Waals surface area contributed by atoms with Gasteiger partial charge in [-0.15, -0.1) is 0 Å². The first kappa shape index (κ1) is 16.7. The van der Waals surface area contributed by atoms with E-state index >= 15 is 0 Å². The van der Waals surface area contributed by atoms with Crippen LogP contribution in [0.3, 0.4) is 0 Å². The maximum absolute atomic E-state index is 11.3. The minimum Gasteiger partial charge on any atom is -0.489 e. The molecule has 0 fully saturated rings. The first-order chi connectivity index (χ1) is 10.5. The molecule has 0 aliphatic carbocycles. The summed E-state index contributed by atoms with van der Waals surface area (Å²) in [7, 11) is 0. The Morgan fingerprint density at radius 1 is 0.909 bits per heavy atom. The summed E-state index contributed by atoms with van der Waals surface area (Å²) in [5.41, 5.74) is 5.49. The van der Waals surface area contributed by atoms with Crippen molar-refractivity contribution in [2.75, 3.05) is 13.2 Å². The number of amides is 1. The molecule has 0 heterocycles. The van der Waals surface area contributed by atoms with E-state index in [1.165, 1.54) is 6.07 Å². The molecule has 22 heavy (non-hydrogen) atoms. The first-order valence-electron chi connectivity index (χ1n) is 6.27. The van der Waals surface area contributed by atoms with Crippen molar-refractivity contribution in [3.8, 4) is 11.5 Å². The lowest BCUT2D eigenvalue weighted by molar-refractivity contribution is 0.0995. The lowest BCUT2D eigenvalue weighted by Gasteiger charge is -2.11. The standard InChI is InChI=1S/C15H12Cl3NO3/c16-9-1-3-13(11(7-9)15(19)20)21-5-6-22-14-4-2-10(17)8-12(14)18/h1-4,7-8H,5-6H2,(H2,19,20). The van der Waals surface area contributed by atoms with Crippen LogP contribution in [0.5, 0.6) is 11.5 Å². The van der Waals surface area contributed by atoms with Crippen molar-refractivity contribution in [1.29, 1.82) is 0 Å². The second-order valence-electron chi connectivity index (χ2n) is 4.28. The second-order valence-corrected chi connectivity index (χ2v) is 5.56. The van der Waals surface area contributed by atoms with E-state index in [-0.39, 0.29) is 18.8 Å². The van der Waals surface area contributed by atoms with Crippen LogP contribution in [0.15, 0.2) is 36.4 Å². The Balaban J connectivity index is 1.93. The van der Waals surface area contributed by atoms with Gasteiger partial charge in [-0.05, 0) is 36.4 Å². The number of hydrogen-bond acceptors (Lipinski definition) is 3. The summed E-state index contributed by atoms with van der Waals surface area (Å²) >= 11 is 17.6. The van der Waals surface area contributed by atoms with Crippen molar-refractivity contribution in [3.63, 3.8) is 0 Å². The van der Waals surface area contributed by atoms with Crippen molar-refractivity contribution in [2.24, 2.45) is 5.73 Å². The fraction of sp³-hybridized carbons (Fsp3) is 0.133. The number of rotatable bonds is 6. The van der Waals surface area contributed by atoms with Gasteiger partial charge < -0.3 is 15.2 Å². The quantitative estimate of drug-likeness (QED) is 0.785. The van der Waals surface area contributed by atoms with E-state index < -0.39 is 5.91 Å². The zero-order chi connectivity index (χ0) is 16.1. The molecule has 7 heteroatoms. The monoisotopic (exact) mass is 359 g/mol. The highest BCUT2D eigenvalue weighted by Crippen LogP contribution is 2.27. The molecular formula is C15H12Cl3NO3. The molecule has 2 rings (SSSR count). The van der Waals surface area contributed by atoms with Crippen LogP contribution >= 0.6 is 34.8 Å². The fourth-order valence-electron chi connectivity index (χ4n) is 1.72. The van der Waals surface area contributed by atoms with Crippen LogP contribution in [-0.4, -0.2) is 19.1 Å². The molecule has 0 aliphatic rings. The smallest absolute Gasteiger partial charge is 0.252 e. The van der Waals surface area contributed by atoms with Gasteiger partial charge >= 0.3 is 0 Å². The molecule has 2 aromatic carbocycles. The third kappa shape index (κ3) is 4.44. The number of benzene rings is 2. The Kier molecular flexibility index (Phi) is 5.77. The van der Waals surface area contributed by atoms with Gasteiger partial charge in [0.05, 0.1) is 10.6 Å². The molecule has 0 unspecified atom stereocenters. The normalized spacial score (nSPS) is 10.3. The Hall–Kier alpha value is -1.62. The predicted molar refractivity (Wildman–Crippen MR) is 87.4 cm³/mol. The van der Waals surface area contributed by atoms with E-state index in [1.807, 2.05) is 0 Å². The molecule has 0 aliphatic heterocycles. The predicted octanol–water partition coefficient (Wildman–Crippen LogP) is 4.20. The van der Waals surface area contributed by atoms with Gasteiger partial charge in [-0.3, -0.25) is 4.79 Å². The van der Waals surface area contributed by atoms with Crippen molar-refractivity contribution in [2.45, 2.75) is 0 Å². The highest BCUT2D eigenvalue weighted by molar-refractivity contribution is 6.35. The molecule has 0 radical (unpaired) electrons. The van der Waals surface area contributed by atoms with Gasteiger partial charge in [-0.1, -0.05) is 34.8 Å². The van der Waals surface area contributed by atoms with Crippen LogP contribution in [0.25, 0.3) is 0 Å². The molecule has 0 saturated heterocycles. The van der Waals surface area contributed by atoms with Crippen LogP contribution in [0.1, 0.15) is 10.4 Å². The lowest BCUT2D eigenvalue weighted by Crippen LogP contribution is -2.15. The highest BCUT2D eigenvalue weighted by Gasteiger charge is 2.10. The van der Waals surface area contributed by atoms with Crippen molar-refractivity contribution in [1.82, 2.24) is 0 Å². The first-order valence-corrected chi connectivity index (χ1v) is 7.41. The Morgan fingerprint density at radius 2 is 1.45 bits per heavy atom. The van der Waals surface area contributed by atoms with Gasteiger partial charge in [0.2, 0.25) is 0 Å². The lowest BCUT2D eigenvalue weighted by atomic mass is 10.2. The zero-order valence-corrected chi connectivity index (χ0v) is 13.6. The van der Waals surface area contributed by atoms with Crippen LogP contribution in [0.4, 0.5) is 0 Å². The Morgan fingerprint density at radius 3 is 2.05 bits per heavy atom. The van der Waals surface area contributed by atoms with Crippen molar-refractivity contribution >= 4 is 40.7 Å². The minimum absolute atomic E-state index is 0.209. The van der Waals surface area contributed by atoms with Crippen LogP contribution in [-0.2, 0) is 0 Å². The topological polar surface area (TPSA) is 61.6 Å². The van der Waals surface area contributed by atoms with Crippen molar-refractivity contribution in [3.05, 3.63) is 57.0 Å². The summed E-state index contributed by atoms with van der Waals surface area (Å²) in [6, 6.07) is 9.58. The van der Waals surface area contributed by atoms with Gasteiger partial charge in [0.1, 0.15) is 24.7 Å².